The Morgan fingerprint density at radius 3 is 2.90 bits per heavy atom. The van der Waals surface area contributed by atoms with Gasteiger partial charge in [-0.1, -0.05) is 18.2 Å². The fourth-order valence-electron chi connectivity index (χ4n) is 2.02. The summed E-state index contributed by atoms with van der Waals surface area (Å²) in [7, 11) is 3.67. The first-order chi connectivity index (χ1) is 9.72. The zero-order valence-corrected chi connectivity index (χ0v) is 11.8. The molecule has 20 heavy (non-hydrogen) atoms. The minimum absolute atomic E-state index is 0.00639. The maximum absolute atomic E-state index is 12.5. The number of amides is 1. The molecule has 0 saturated carbocycles. The molecule has 0 atom stereocenters. The number of rotatable bonds is 6. The van der Waals surface area contributed by atoms with E-state index in [1.807, 2.05) is 31.3 Å². The molecule has 0 unspecified atom stereocenters. The van der Waals surface area contributed by atoms with Gasteiger partial charge in [-0.25, -0.2) is 4.98 Å². The molecule has 1 aromatic heterocycles. The number of hydrogen-bond donors (Lipinski definition) is 2. The van der Waals surface area contributed by atoms with Crippen molar-refractivity contribution in [1.82, 2.24) is 25.4 Å². The van der Waals surface area contributed by atoms with Crippen LogP contribution in [0.25, 0.3) is 0 Å². The van der Waals surface area contributed by atoms with Crippen LogP contribution in [0.1, 0.15) is 21.7 Å². The van der Waals surface area contributed by atoms with E-state index in [1.54, 1.807) is 11.9 Å². The van der Waals surface area contributed by atoms with E-state index < -0.39 is 0 Å². The van der Waals surface area contributed by atoms with Crippen LogP contribution in [0.5, 0.6) is 0 Å². The summed E-state index contributed by atoms with van der Waals surface area (Å²) in [5.74, 6) is 0.668. The van der Waals surface area contributed by atoms with E-state index >= 15 is 0 Å². The lowest BCUT2D eigenvalue weighted by atomic mass is 10.0. The van der Waals surface area contributed by atoms with E-state index in [4.69, 9.17) is 0 Å². The number of likely N-dealkylation sites (N-methyl/N-ethyl adjacent to an activating group) is 1. The number of carbonyl (C=O) groups is 1. The maximum Gasteiger partial charge on any atom is 0.254 e. The fraction of sp³-hybridized carbons (Fsp3) is 0.357. The van der Waals surface area contributed by atoms with Crippen molar-refractivity contribution >= 4 is 5.91 Å². The predicted octanol–water partition coefficient (Wildman–Crippen LogP) is 0.839. The molecule has 1 aromatic carbocycles. The summed E-state index contributed by atoms with van der Waals surface area (Å²) in [6.45, 7) is 1.26. The molecule has 1 heterocycles. The van der Waals surface area contributed by atoms with Crippen LogP contribution in [-0.2, 0) is 13.0 Å². The lowest BCUT2D eigenvalue weighted by Gasteiger charge is -2.17. The Balaban J connectivity index is 2.11. The summed E-state index contributed by atoms with van der Waals surface area (Å²) in [5, 5.41) is 9.64. The molecule has 2 rings (SSSR count). The first-order valence-electron chi connectivity index (χ1n) is 6.54. The molecule has 0 aliphatic heterocycles. The van der Waals surface area contributed by atoms with Crippen molar-refractivity contribution in [2.45, 2.75) is 13.0 Å². The van der Waals surface area contributed by atoms with Crippen LogP contribution in [0.15, 0.2) is 30.6 Å². The molecule has 0 fully saturated rings. The van der Waals surface area contributed by atoms with Gasteiger partial charge in [0.15, 0.2) is 0 Å². The zero-order valence-electron chi connectivity index (χ0n) is 11.8. The molecule has 0 saturated heterocycles. The van der Waals surface area contributed by atoms with E-state index in [9.17, 15) is 4.79 Å². The number of nitrogens with one attached hydrogen (secondary N) is 2. The summed E-state index contributed by atoms with van der Waals surface area (Å²) < 4.78 is 0. The third-order valence-corrected chi connectivity index (χ3v) is 3.09. The molecule has 1 amide bonds. The second-order valence-corrected chi connectivity index (χ2v) is 4.60. The van der Waals surface area contributed by atoms with Gasteiger partial charge in [-0.05, 0) is 31.6 Å². The first kappa shape index (κ1) is 14.2. The highest BCUT2D eigenvalue weighted by molar-refractivity contribution is 5.95. The summed E-state index contributed by atoms with van der Waals surface area (Å²) in [6, 6.07) is 7.70. The summed E-state index contributed by atoms with van der Waals surface area (Å²) in [6.07, 6.45) is 2.27. The second kappa shape index (κ2) is 6.81. The van der Waals surface area contributed by atoms with Crippen molar-refractivity contribution in [2.75, 3.05) is 20.6 Å². The molecule has 2 N–H and O–H groups in total. The number of benzene rings is 1. The van der Waals surface area contributed by atoms with Crippen LogP contribution in [-0.4, -0.2) is 46.6 Å². The molecule has 0 radical (unpaired) electrons. The Labute approximate surface area is 118 Å². The summed E-state index contributed by atoms with van der Waals surface area (Å²) >= 11 is 0. The molecule has 6 heteroatoms. The third kappa shape index (κ3) is 3.42. The van der Waals surface area contributed by atoms with Crippen molar-refractivity contribution in [1.29, 1.82) is 0 Å². The molecule has 106 valence electrons. The molecule has 0 spiro atoms. The Hall–Kier alpha value is -2.21. The van der Waals surface area contributed by atoms with Crippen molar-refractivity contribution in [3.05, 3.63) is 47.5 Å². The molecule has 0 bridgehead atoms. The highest BCUT2D eigenvalue weighted by atomic mass is 16.2. The highest BCUT2D eigenvalue weighted by Crippen LogP contribution is 2.12. The van der Waals surface area contributed by atoms with E-state index in [0.29, 0.717) is 12.4 Å². The van der Waals surface area contributed by atoms with Gasteiger partial charge in [0, 0.05) is 12.6 Å². The smallest absolute Gasteiger partial charge is 0.254 e. The number of aromatic nitrogens is 3. The van der Waals surface area contributed by atoms with Gasteiger partial charge < -0.3 is 10.2 Å². The van der Waals surface area contributed by atoms with Gasteiger partial charge in [0.1, 0.15) is 12.2 Å². The van der Waals surface area contributed by atoms with Crippen molar-refractivity contribution in [2.24, 2.45) is 0 Å². The van der Waals surface area contributed by atoms with Crippen LogP contribution < -0.4 is 5.32 Å². The zero-order chi connectivity index (χ0) is 14.4. The fourth-order valence-corrected chi connectivity index (χ4v) is 2.02. The Morgan fingerprint density at radius 1 is 1.40 bits per heavy atom. The van der Waals surface area contributed by atoms with Crippen LogP contribution in [0.3, 0.4) is 0 Å². The van der Waals surface area contributed by atoms with E-state index in [0.717, 1.165) is 24.1 Å². The van der Waals surface area contributed by atoms with Gasteiger partial charge in [0.2, 0.25) is 0 Å². The standard InChI is InChI=1S/C14H19N5O/c1-15-8-7-11-5-3-4-6-12(11)14(20)19(2)9-13-16-10-17-18-13/h3-6,10,15H,7-9H2,1-2H3,(H,16,17,18). The van der Waals surface area contributed by atoms with E-state index in [-0.39, 0.29) is 5.91 Å². The Kier molecular flexibility index (Phi) is 4.84. The van der Waals surface area contributed by atoms with E-state index in [1.165, 1.54) is 6.33 Å². The Morgan fingerprint density at radius 2 is 2.20 bits per heavy atom. The topological polar surface area (TPSA) is 73.9 Å². The molecular weight excluding hydrogens is 254 g/mol. The molecular formula is C14H19N5O. The number of carbonyl (C=O) groups excluding carboxylic acids is 1. The predicted molar refractivity (Wildman–Crippen MR) is 76.3 cm³/mol. The third-order valence-electron chi connectivity index (χ3n) is 3.09. The van der Waals surface area contributed by atoms with Crippen LogP contribution in [0, 0.1) is 0 Å². The van der Waals surface area contributed by atoms with Gasteiger partial charge in [-0.2, -0.15) is 5.10 Å². The molecule has 2 aromatic rings. The van der Waals surface area contributed by atoms with Crippen LogP contribution in [0.4, 0.5) is 0 Å². The molecule has 6 nitrogen and oxygen atoms in total. The quantitative estimate of drug-likeness (QED) is 0.818. The minimum atomic E-state index is -0.00639. The van der Waals surface area contributed by atoms with Crippen molar-refractivity contribution < 1.29 is 4.79 Å². The molecule has 0 aliphatic carbocycles. The minimum Gasteiger partial charge on any atom is -0.334 e. The van der Waals surface area contributed by atoms with Gasteiger partial charge in [0.05, 0.1) is 6.54 Å². The van der Waals surface area contributed by atoms with E-state index in [2.05, 4.69) is 20.5 Å². The van der Waals surface area contributed by atoms with Crippen LogP contribution >= 0.6 is 0 Å². The van der Waals surface area contributed by atoms with Crippen LogP contribution in [0.2, 0.25) is 0 Å². The van der Waals surface area contributed by atoms with Gasteiger partial charge in [0.25, 0.3) is 5.91 Å². The number of nitrogens with zero attached hydrogens (tertiary/aromatic N) is 3. The number of aromatic amines is 1. The second-order valence-electron chi connectivity index (χ2n) is 4.60. The molecule has 0 aliphatic rings. The average Bonchev–Trinajstić information content (AvgIpc) is 2.97. The Bertz CT molecular complexity index is 552. The number of H-pyrrole nitrogens is 1. The largest absolute Gasteiger partial charge is 0.334 e. The van der Waals surface area contributed by atoms with Crippen molar-refractivity contribution in [3.63, 3.8) is 0 Å². The SMILES string of the molecule is CNCCc1ccccc1C(=O)N(C)Cc1ncn[nH]1. The lowest BCUT2D eigenvalue weighted by molar-refractivity contribution is 0.0780. The van der Waals surface area contributed by atoms with Gasteiger partial charge >= 0.3 is 0 Å². The highest BCUT2D eigenvalue weighted by Gasteiger charge is 2.16. The normalized spacial score (nSPS) is 10.5. The maximum atomic E-state index is 12.5. The lowest BCUT2D eigenvalue weighted by Crippen LogP contribution is -2.28. The first-order valence-corrected chi connectivity index (χ1v) is 6.54. The monoisotopic (exact) mass is 273 g/mol. The summed E-state index contributed by atoms with van der Waals surface area (Å²) in [4.78, 5) is 18.2. The van der Waals surface area contributed by atoms with Gasteiger partial charge in [-0.3, -0.25) is 9.89 Å². The van der Waals surface area contributed by atoms with Gasteiger partial charge in [-0.15, -0.1) is 0 Å². The average molecular weight is 273 g/mol. The van der Waals surface area contributed by atoms with Crippen molar-refractivity contribution in [3.8, 4) is 0 Å². The number of hydrogen-bond acceptors (Lipinski definition) is 4. The summed E-state index contributed by atoms with van der Waals surface area (Å²) in [5.41, 5.74) is 1.79.